The van der Waals surface area contributed by atoms with Crippen molar-refractivity contribution < 1.29 is 5.48 Å². The van der Waals surface area contributed by atoms with Crippen LogP contribution in [-0.2, 0) is 0 Å². The molecular formula is H8ClNOSn. The molecule has 2 radical (unpaired) electrons. The summed E-state index contributed by atoms with van der Waals surface area (Å²) in [6, 6.07) is 0. The molecule has 0 aromatic heterocycles. The Labute approximate surface area is 48.2 Å². The molecule has 5 N–H and O–H groups in total. The van der Waals surface area contributed by atoms with Gasteiger partial charge in [0.2, 0.25) is 0 Å². The zero-order valence-corrected chi connectivity index (χ0v) is 7.18. The van der Waals surface area contributed by atoms with Crippen LogP contribution in [0.15, 0.2) is 0 Å². The second-order valence-corrected chi connectivity index (χ2v) is 0. The fourth-order valence-corrected chi connectivity index (χ4v) is 0. The molecule has 4 heavy (non-hydrogen) atoms. The normalized spacial score (nSPS) is 0. The van der Waals surface area contributed by atoms with Crippen LogP contribution >= 0.6 is 12.4 Å². The van der Waals surface area contributed by atoms with E-state index in [1.54, 1.807) is 0 Å². The first-order valence-corrected chi connectivity index (χ1v) is 0. The molecular weight excluding hydrogens is 184 g/mol. The van der Waals surface area contributed by atoms with E-state index in [4.69, 9.17) is 0 Å². The summed E-state index contributed by atoms with van der Waals surface area (Å²) in [5.74, 6) is 0. The molecule has 0 unspecified atom stereocenters. The van der Waals surface area contributed by atoms with E-state index in [9.17, 15) is 0 Å². The fraction of sp³-hybridized carbons (Fsp3) is 0. The van der Waals surface area contributed by atoms with Gasteiger partial charge in [-0.2, -0.15) is 0 Å². The zero-order chi connectivity index (χ0) is 0. The maximum absolute atomic E-state index is 0. The van der Waals surface area contributed by atoms with Crippen LogP contribution in [0.5, 0.6) is 0 Å². The van der Waals surface area contributed by atoms with Crippen LogP contribution in [0.1, 0.15) is 0 Å². The Bertz CT molecular complexity index is 8.00. The Morgan fingerprint density at radius 3 is 1.00 bits per heavy atom. The van der Waals surface area contributed by atoms with Crippen molar-refractivity contribution in [3.8, 4) is 0 Å². The van der Waals surface area contributed by atoms with Gasteiger partial charge >= 0.3 is 23.9 Å². The van der Waals surface area contributed by atoms with Gasteiger partial charge in [0.05, 0.1) is 0 Å². The Morgan fingerprint density at radius 1 is 1.00 bits per heavy atom. The van der Waals surface area contributed by atoms with E-state index in [1.165, 1.54) is 0 Å². The molecule has 0 aromatic rings. The average molecular weight is 192 g/mol. The van der Waals surface area contributed by atoms with Crippen LogP contribution in [-0.4, -0.2) is 29.4 Å². The molecule has 0 amide bonds. The van der Waals surface area contributed by atoms with Gasteiger partial charge in [-0.25, -0.2) is 0 Å². The summed E-state index contributed by atoms with van der Waals surface area (Å²) in [6.07, 6.45) is 0. The molecule has 0 spiro atoms. The molecule has 4 heteroatoms. The first-order chi connectivity index (χ1) is 0. The van der Waals surface area contributed by atoms with Gasteiger partial charge in [-0.1, -0.05) is 0 Å². The first kappa shape index (κ1) is 79.1. The van der Waals surface area contributed by atoms with Crippen molar-refractivity contribution in [2.75, 3.05) is 0 Å². The Balaban J connectivity index is 0. The summed E-state index contributed by atoms with van der Waals surface area (Å²) in [4.78, 5) is 0. The molecule has 0 saturated heterocycles. The molecule has 0 aliphatic heterocycles. The van der Waals surface area contributed by atoms with Crippen molar-refractivity contribution >= 4 is 36.3 Å². The summed E-state index contributed by atoms with van der Waals surface area (Å²) in [5.41, 5.74) is 0. The SMILES string of the molecule is Cl.N.O.[SnH2]. The Morgan fingerprint density at radius 2 is 1.00 bits per heavy atom. The number of hydrogen-bond donors (Lipinski definition) is 1. The van der Waals surface area contributed by atoms with Crippen LogP contribution < -0.4 is 6.15 Å². The summed E-state index contributed by atoms with van der Waals surface area (Å²) >= 11 is 0. The summed E-state index contributed by atoms with van der Waals surface area (Å²) in [6.45, 7) is 0. The summed E-state index contributed by atoms with van der Waals surface area (Å²) < 4.78 is 0. The second kappa shape index (κ2) is 35.7. The molecule has 0 fully saturated rings. The topological polar surface area (TPSA) is 66.5 Å². The third-order valence-electron chi connectivity index (χ3n) is 0. The standard InChI is InChI=1S/ClH.H3N.H2O.Sn.2H/h1H;1H3;1H2;;;. The fourth-order valence-electron chi connectivity index (χ4n) is 0. The summed E-state index contributed by atoms with van der Waals surface area (Å²) in [5, 5.41) is 0. The zero-order valence-electron chi connectivity index (χ0n) is 2.32. The van der Waals surface area contributed by atoms with Gasteiger partial charge in [-0.3, -0.25) is 0 Å². The van der Waals surface area contributed by atoms with E-state index in [-0.39, 0.29) is 47.9 Å². The van der Waals surface area contributed by atoms with Crippen LogP contribution in [0, 0.1) is 0 Å². The van der Waals surface area contributed by atoms with E-state index < -0.39 is 0 Å². The number of hydrogen-bond acceptors (Lipinski definition) is 1. The summed E-state index contributed by atoms with van der Waals surface area (Å²) in [7, 11) is 0. The molecule has 0 aliphatic rings. The van der Waals surface area contributed by atoms with E-state index >= 15 is 0 Å². The molecule has 0 bridgehead atoms. The predicted molar refractivity (Wildman–Crippen MR) is 24.4 cm³/mol. The molecule has 0 heterocycles. The molecule has 30 valence electrons. The van der Waals surface area contributed by atoms with Gasteiger partial charge in [-0.15, -0.1) is 12.4 Å². The monoisotopic (exact) mass is 193 g/mol. The number of rotatable bonds is 0. The van der Waals surface area contributed by atoms with E-state index in [0.29, 0.717) is 0 Å². The third kappa shape index (κ3) is 11.9. The van der Waals surface area contributed by atoms with Gasteiger partial charge in [0.15, 0.2) is 0 Å². The third-order valence-corrected chi connectivity index (χ3v) is 0. The second-order valence-electron chi connectivity index (χ2n) is 0. The molecule has 0 rings (SSSR count). The molecule has 0 atom stereocenters. The first-order valence-electron chi connectivity index (χ1n) is 0. The molecule has 0 aliphatic carbocycles. The van der Waals surface area contributed by atoms with E-state index in [2.05, 4.69) is 0 Å². The van der Waals surface area contributed by atoms with Crippen LogP contribution in [0.25, 0.3) is 0 Å². The van der Waals surface area contributed by atoms with Crippen molar-refractivity contribution in [3.05, 3.63) is 0 Å². The van der Waals surface area contributed by atoms with Crippen LogP contribution in [0.4, 0.5) is 0 Å². The number of halogens is 1. The minimum absolute atomic E-state index is 0. The van der Waals surface area contributed by atoms with Gasteiger partial charge < -0.3 is 11.6 Å². The van der Waals surface area contributed by atoms with Crippen molar-refractivity contribution in [2.24, 2.45) is 0 Å². The van der Waals surface area contributed by atoms with Gasteiger partial charge in [0.1, 0.15) is 0 Å². The maximum atomic E-state index is 0. The van der Waals surface area contributed by atoms with E-state index in [0.717, 1.165) is 0 Å². The average Bonchev–Trinajstić information content (AvgIpc) is 0. The van der Waals surface area contributed by atoms with Crippen LogP contribution in [0.2, 0.25) is 0 Å². The van der Waals surface area contributed by atoms with Crippen molar-refractivity contribution in [2.45, 2.75) is 0 Å². The van der Waals surface area contributed by atoms with Crippen LogP contribution in [0.3, 0.4) is 0 Å². The van der Waals surface area contributed by atoms with Gasteiger partial charge in [0.25, 0.3) is 0 Å². The Kier molecular flexibility index (Phi) is 705. The van der Waals surface area contributed by atoms with Gasteiger partial charge in [0, 0.05) is 0 Å². The quantitative estimate of drug-likeness (QED) is 0.483. The van der Waals surface area contributed by atoms with Gasteiger partial charge in [-0.05, 0) is 0 Å². The molecule has 0 aromatic carbocycles. The minimum atomic E-state index is 0. The predicted octanol–water partition coefficient (Wildman–Crippen LogP) is -1.16. The molecule has 0 saturated carbocycles. The van der Waals surface area contributed by atoms with E-state index in [1.807, 2.05) is 0 Å². The Hall–Kier alpha value is 1.01. The molecule has 2 nitrogen and oxygen atoms in total. The van der Waals surface area contributed by atoms with Crippen molar-refractivity contribution in [3.63, 3.8) is 0 Å². The van der Waals surface area contributed by atoms with Crippen molar-refractivity contribution in [1.29, 1.82) is 0 Å². The van der Waals surface area contributed by atoms with Crippen molar-refractivity contribution in [1.82, 2.24) is 6.15 Å².